The van der Waals surface area contributed by atoms with Gasteiger partial charge in [0.05, 0.1) is 23.8 Å². The number of amides is 2. The van der Waals surface area contributed by atoms with Crippen LogP contribution in [-0.4, -0.2) is 52.5 Å². The van der Waals surface area contributed by atoms with Crippen molar-refractivity contribution in [1.82, 2.24) is 20.5 Å². The maximum Gasteiger partial charge on any atom is 0.416 e. The van der Waals surface area contributed by atoms with Crippen LogP contribution in [0, 0.1) is 17.5 Å². The summed E-state index contributed by atoms with van der Waals surface area (Å²) < 4.78 is 81.0. The van der Waals surface area contributed by atoms with Gasteiger partial charge in [-0.1, -0.05) is 30.3 Å². The van der Waals surface area contributed by atoms with E-state index in [4.69, 9.17) is 0 Å². The molecule has 0 unspecified atom stereocenters. The minimum Gasteiger partial charge on any atom is -0.390 e. The summed E-state index contributed by atoms with van der Waals surface area (Å²) in [7, 11) is 1.53. The van der Waals surface area contributed by atoms with Crippen molar-refractivity contribution in [2.75, 3.05) is 13.6 Å². The molecule has 0 saturated heterocycles. The number of rotatable bonds is 12. The second-order valence-electron chi connectivity index (χ2n) is 11.3. The van der Waals surface area contributed by atoms with Crippen LogP contribution in [-0.2, 0) is 19.1 Å². The number of carbonyl (C=O) groups is 2. The molecular weight excluding hydrogens is 642 g/mol. The normalized spacial score (nSPS) is 13.4. The number of nitrogens with one attached hydrogen (secondary N) is 3. The summed E-state index contributed by atoms with van der Waals surface area (Å²) >= 11 is 0. The minimum atomic E-state index is -4.79. The number of benzene rings is 3. The molecule has 3 atom stereocenters. The van der Waals surface area contributed by atoms with Crippen molar-refractivity contribution in [3.05, 3.63) is 140 Å². The Labute approximate surface area is 271 Å². The Hall–Kier alpha value is -4.95. The fourth-order valence-corrected chi connectivity index (χ4v) is 5.06. The highest BCUT2D eigenvalue weighted by molar-refractivity contribution is 5.98. The predicted octanol–water partition coefficient (Wildman–Crippen LogP) is 5.14. The summed E-state index contributed by atoms with van der Waals surface area (Å²) in [4.78, 5) is 42.9. The highest BCUT2D eigenvalue weighted by Crippen LogP contribution is 2.30. The van der Waals surface area contributed by atoms with Crippen molar-refractivity contribution in [3.63, 3.8) is 0 Å². The first kappa shape index (κ1) is 35.9. The molecule has 14 heteroatoms. The van der Waals surface area contributed by atoms with Gasteiger partial charge >= 0.3 is 6.18 Å². The Morgan fingerprint density at radius 2 is 1.52 bits per heavy atom. The molecule has 1 heterocycles. The van der Waals surface area contributed by atoms with Crippen LogP contribution in [0.15, 0.2) is 83.7 Å². The zero-order valence-corrected chi connectivity index (χ0v) is 25.7. The molecule has 3 aromatic carbocycles. The first-order valence-electron chi connectivity index (χ1n) is 14.7. The molecule has 0 fully saturated rings. The molecule has 8 nitrogen and oxygen atoms in total. The van der Waals surface area contributed by atoms with E-state index in [1.165, 1.54) is 11.9 Å². The monoisotopic (exact) mass is 674 g/mol. The Balaban J connectivity index is 1.53. The molecular formula is C34H32F6N4O4. The second-order valence-corrected chi connectivity index (χ2v) is 11.3. The van der Waals surface area contributed by atoms with Gasteiger partial charge in [-0.15, -0.1) is 0 Å². The number of alkyl halides is 3. The number of nitrogens with zero attached hydrogens (tertiary/aromatic N) is 1. The largest absolute Gasteiger partial charge is 0.416 e. The third kappa shape index (κ3) is 9.55. The minimum absolute atomic E-state index is 0.0470. The van der Waals surface area contributed by atoms with Crippen LogP contribution in [0.1, 0.15) is 56.1 Å². The summed E-state index contributed by atoms with van der Waals surface area (Å²) in [6, 6.07) is 14.2. The SMILES string of the molecule is C[C@H](c1ccccc1)N(C)C(=O)c1cc(C(=O)N[C@@H](Cc2cc(F)cc(F)c2)[C@H](O)CNCc2cc(F)cc(C(F)(F)F)c2)[nH]c(=O)c1. The van der Waals surface area contributed by atoms with Crippen molar-refractivity contribution in [2.24, 2.45) is 0 Å². The molecule has 4 rings (SSSR count). The van der Waals surface area contributed by atoms with Crippen molar-refractivity contribution < 1.29 is 41.0 Å². The lowest BCUT2D eigenvalue weighted by molar-refractivity contribution is -0.137. The van der Waals surface area contributed by atoms with Gasteiger partial charge in [-0.2, -0.15) is 13.2 Å². The third-order valence-corrected chi connectivity index (χ3v) is 7.65. The summed E-state index contributed by atoms with van der Waals surface area (Å²) in [5.74, 6) is -4.46. The first-order chi connectivity index (χ1) is 22.6. The van der Waals surface area contributed by atoms with Crippen molar-refractivity contribution in [3.8, 4) is 0 Å². The Bertz CT molecular complexity index is 1800. The maximum absolute atomic E-state index is 14.0. The van der Waals surface area contributed by atoms with E-state index >= 15 is 0 Å². The maximum atomic E-state index is 14.0. The van der Waals surface area contributed by atoms with Crippen LogP contribution in [0.25, 0.3) is 0 Å². The number of aromatic amines is 1. The van der Waals surface area contributed by atoms with Gasteiger partial charge in [0.1, 0.15) is 23.1 Å². The molecule has 0 aliphatic rings. The molecule has 48 heavy (non-hydrogen) atoms. The first-order valence-corrected chi connectivity index (χ1v) is 14.7. The van der Waals surface area contributed by atoms with Crippen LogP contribution in [0.4, 0.5) is 26.3 Å². The standard InChI is InChI=1S/C34H32F6N4O4/c1-19(22-6-4-3-5-7-22)44(2)33(48)23-13-29(42-31(46)14-23)32(47)43-28(12-20-9-26(36)16-27(37)10-20)30(45)18-41-17-21-8-24(34(38,39)40)15-25(35)11-21/h3-11,13-16,19,28,30,41,45H,12,17-18H2,1-2H3,(H,42,46)(H,43,47)/t19-,28+,30-/m1/s1. The molecule has 0 saturated carbocycles. The summed E-state index contributed by atoms with van der Waals surface area (Å²) in [6.07, 6.45) is -6.61. The number of carbonyl (C=O) groups excluding carboxylic acids is 2. The topological polar surface area (TPSA) is 115 Å². The van der Waals surface area contributed by atoms with Gasteiger partial charge in [0.25, 0.3) is 11.8 Å². The summed E-state index contributed by atoms with van der Waals surface area (Å²) in [6.45, 7) is 1.12. The number of pyridine rings is 1. The van der Waals surface area contributed by atoms with Gasteiger partial charge in [0.2, 0.25) is 5.56 Å². The average Bonchev–Trinajstić information content (AvgIpc) is 3.02. The molecule has 0 radical (unpaired) electrons. The van der Waals surface area contributed by atoms with Gasteiger partial charge in [0.15, 0.2) is 0 Å². The number of halogens is 6. The zero-order valence-electron chi connectivity index (χ0n) is 25.7. The lowest BCUT2D eigenvalue weighted by Crippen LogP contribution is -2.49. The Morgan fingerprint density at radius 3 is 2.17 bits per heavy atom. The molecule has 0 spiro atoms. The predicted molar refractivity (Wildman–Crippen MR) is 164 cm³/mol. The number of aromatic nitrogens is 1. The number of hydrogen-bond donors (Lipinski definition) is 4. The van der Waals surface area contributed by atoms with E-state index in [-0.39, 0.29) is 47.9 Å². The molecule has 0 aliphatic heterocycles. The van der Waals surface area contributed by atoms with Gasteiger partial charge in [-0.05, 0) is 66.4 Å². The molecule has 1 aromatic heterocycles. The van der Waals surface area contributed by atoms with E-state index in [0.29, 0.717) is 12.1 Å². The molecule has 4 aromatic rings. The molecule has 0 aliphatic carbocycles. The van der Waals surface area contributed by atoms with Gasteiger partial charge in [0, 0.05) is 37.8 Å². The number of aliphatic hydroxyl groups is 1. The number of hydrogen-bond acceptors (Lipinski definition) is 5. The van der Waals surface area contributed by atoms with E-state index in [9.17, 15) is 45.8 Å². The van der Waals surface area contributed by atoms with Crippen molar-refractivity contribution in [2.45, 2.75) is 44.3 Å². The van der Waals surface area contributed by atoms with Gasteiger partial charge in [-0.3, -0.25) is 14.4 Å². The lowest BCUT2D eigenvalue weighted by Gasteiger charge is -2.26. The molecule has 0 bridgehead atoms. The van der Waals surface area contributed by atoms with Crippen LogP contribution in [0.2, 0.25) is 0 Å². The Kier molecular flexibility index (Phi) is 11.4. The van der Waals surface area contributed by atoms with E-state index in [2.05, 4.69) is 15.6 Å². The second kappa shape index (κ2) is 15.3. The van der Waals surface area contributed by atoms with Crippen molar-refractivity contribution in [1.29, 1.82) is 0 Å². The fraction of sp³-hybridized carbons (Fsp3) is 0.265. The van der Waals surface area contributed by atoms with Crippen LogP contribution >= 0.6 is 0 Å². The number of aliphatic hydroxyl groups excluding tert-OH is 1. The summed E-state index contributed by atoms with van der Waals surface area (Å²) in [5.41, 5.74) is -1.62. The van der Waals surface area contributed by atoms with Crippen LogP contribution in [0.3, 0.4) is 0 Å². The summed E-state index contributed by atoms with van der Waals surface area (Å²) in [5, 5.41) is 16.2. The third-order valence-electron chi connectivity index (χ3n) is 7.65. The van der Waals surface area contributed by atoms with Crippen LogP contribution in [0.5, 0.6) is 0 Å². The molecule has 2 amide bonds. The van der Waals surface area contributed by atoms with Gasteiger partial charge in [-0.25, -0.2) is 13.2 Å². The smallest absolute Gasteiger partial charge is 0.390 e. The van der Waals surface area contributed by atoms with E-state index in [1.807, 2.05) is 30.3 Å². The average molecular weight is 675 g/mol. The highest BCUT2D eigenvalue weighted by Gasteiger charge is 2.31. The highest BCUT2D eigenvalue weighted by atomic mass is 19.4. The van der Waals surface area contributed by atoms with E-state index < -0.39 is 58.7 Å². The zero-order chi connectivity index (χ0) is 35.2. The molecule has 4 N–H and O–H groups in total. The Morgan fingerprint density at radius 1 is 0.896 bits per heavy atom. The fourth-order valence-electron chi connectivity index (χ4n) is 5.06. The van der Waals surface area contributed by atoms with Crippen LogP contribution < -0.4 is 16.2 Å². The van der Waals surface area contributed by atoms with Crippen molar-refractivity contribution >= 4 is 11.8 Å². The van der Waals surface area contributed by atoms with E-state index in [0.717, 1.165) is 42.0 Å². The number of H-pyrrole nitrogens is 1. The quantitative estimate of drug-likeness (QED) is 0.156. The van der Waals surface area contributed by atoms with Gasteiger partial charge < -0.3 is 25.6 Å². The molecule has 254 valence electrons. The lowest BCUT2D eigenvalue weighted by atomic mass is 10.00. The van der Waals surface area contributed by atoms with E-state index in [1.54, 1.807) is 6.92 Å².